The van der Waals surface area contributed by atoms with Crippen LogP contribution in [0.3, 0.4) is 0 Å². The number of amides is 1. The van der Waals surface area contributed by atoms with Crippen LogP contribution in [0.4, 0.5) is 0 Å². The molecule has 0 aromatic heterocycles. The van der Waals surface area contributed by atoms with Gasteiger partial charge in [0.2, 0.25) is 0 Å². The van der Waals surface area contributed by atoms with Gasteiger partial charge in [0.1, 0.15) is 0 Å². The van der Waals surface area contributed by atoms with Gasteiger partial charge in [-0.15, -0.1) is 0 Å². The van der Waals surface area contributed by atoms with Crippen molar-refractivity contribution < 1.29 is 21.6 Å². The Morgan fingerprint density at radius 1 is 1.17 bits per heavy atom. The van der Waals surface area contributed by atoms with E-state index in [2.05, 4.69) is 4.99 Å². The van der Waals surface area contributed by atoms with E-state index < -0.39 is 31.5 Å². The fraction of sp³-hybridized carbons (Fsp3) is 0.231. The van der Waals surface area contributed by atoms with Crippen LogP contribution in [-0.4, -0.2) is 47.0 Å². The number of aliphatic imine (C=N–C) groups is 1. The van der Waals surface area contributed by atoms with Gasteiger partial charge >= 0.3 is 0 Å². The first-order valence-corrected chi connectivity index (χ1v) is 10.2. The third kappa shape index (κ3) is 6.20. The summed E-state index contributed by atoms with van der Waals surface area (Å²) in [4.78, 5) is 15.0. The number of benzene rings is 1. The van der Waals surface area contributed by atoms with Crippen LogP contribution < -0.4 is 11.5 Å². The van der Waals surface area contributed by atoms with Crippen LogP contribution >= 0.6 is 0 Å². The Labute approximate surface area is 134 Å². The molecule has 0 aliphatic rings. The molecule has 1 aromatic carbocycles. The number of nitrogens with two attached hydrogens (primary N) is 2. The number of hydrogen-bond acceptors (Lipinski definition) is 5. The van der Waals surface area contributed by atoms with Gasteiger partial charge in [-0.1, -0.05) is 18.2 Å². The molecule has 0 saturated carbocycles. The van der Waals surface area contributed by atoms with E-state index in [1.54, 1.807) is 0 Å². The van der Waals surface area contributed by atoms with Crippen LogP contribution in [-0.2, 0) is 19.7 Å². The van der Waals surface area contributed by atoms with Crippen LogP contribution in [0, 0.1) is 0 Å². The normalized spacial score (nSPS) is 12.3. The van der Waals surface area contributed by atoms with E-state index in [1.165, 1.54) is 24.3 Å². The van der Waals surface area contributed by atoms with Crippen molar-refractivity contribution >= 4 is 37.6 Å². The zero-order valence-electron chi connectivity index (χ0n) is 12.6. The molecule has 0 radical (unpaired) electrons. The van der Waals surface area contributed by atoms with E-state index >= 15 is 0 Å². The molecule has 8 nitrogen and oxygen atoms in total. The van der Waals surface area contributed by atoms with Crippen molar-refractivity contribution in [3.8, 4) is 0 Å². The number of rotatable bonds is 5. The standard InChI is InChI=1S/C13H17N3O5S2/c1-22(18,19)7-3-4-9-5-6-10(12(17)16-13(14)15)8-11(9)23(2,20)21/h3-6,8H,7H2,1-2H3,(H4,14,15,16,17)/b4-3+. The van der Waals surface area contributed by atoms with Crippen molar-refractivity contribution in [3.63, 3.8) is 0 Å². The van der Waals surface area contributed by atoms with Gasteiger partial charge in [0.05, 0.1) is 10.6 Å². The lowest BCUT2D eigenvalue weighted by molar-refractivity contribution is 0.100. The van der Waals surface area contributed by atoms with E-state index in [1.807, 2.05) is 0 Å². The Balaban J connectivity index is 3.34. The Bertz CT molecular complexity index is 880. The molecule has 10 heteroatoms. The van der Waals surface area contributed by atoms with Gasteiger partial charge in [-0.3, -0.25) is 4.79 Å². The highest BCUT2D eigenvalue weighted by atomic mass is 32.2. The molecule has 0 spiro atoms. The summed E-state index contributed by atoms with van der Waals surface area (Å²) in [6.07, 6.45) is 4.74. The molecule has 0 heterocycles. The molecule has 1 rings (SSSR count). The van der Waals surface area contributed by atoms with Crippen LogP contribution in [0.2, 0.25) is 0 Å². The second-order valence-electron chi connectivity index (χ2n) is 4.86. The molecule has 23 heavy (non-hydrogen) atoms. The van der Waals surface area contributed by atoms with Crippen LogP contribution in [0.5, 0.6) is 0 Å². The van der Waals surface area contributed by atoms with E-state index in [4.69, 9.17) is 11.5 Å². The molecule has 0 saturated heterocycles. The van der Waals surface area contributed by atoms with Crippen molar-refractivity contribution in [1.82, 2.24) is 0 Å². The average Bonchev–Trinajstić information content (AvgIpc) is 2.35. The van der Waals surface area contributed by atoms with E-state index in [-0.39, 0.29) is 21.8 Å². The van der Waals surface area contributed by atoms with Gasteiger partial charge in [0.15, 0.2) is 25.6 Å². The van der Waals surface area contributed by atoms with Gasteiger partial charge in [-0.25, -0.2) is 16.8 Å². The number of hydrogen-bond donors (Lipinski definition) is 2. The van der Waals surface area contributed by atoms with Gasteiger partial charge < -0.3 is 11.5 Å². The maximum Gasteiger partial charge on any atom is 0.280 e. The predicted molar refractivity (Wildman–Crippen MR) is 88.4 cm³/mol. The molecule has 1 aromatic rings. The highest BCUT2D eigenvalue weighted by Crippen LogP contribution is 2.20. The quantitative estimate of drug-likeness (QED) is 0.534. The van der Waals surface area contributed by atoms with E-state index in [0.717, 1.165) is 18.6 Å². The van der Waals surface area contributed by atoms with Gasteiger partial charge in [-0.2, -0.15) is 4.99 Å². The summed E-state index contributed by atoms with van der Waals surface area (Å²) in [7, 11) is -6.86. The Hall–Kier alpha value is -2.20. The van der Waals surface area contributed by atoms with E-state index in [9.17, 15) is 21.6 Å². The molecule has 0 unspecified atom stereocenters. The molecule has 0 aliphatic heterocycles. The Morgan fingerprint density at radius 3 is 2.26 bits per heavy atom. The first-order chi connectivity index (χ1) is 10.4. The molecule has 0 aliphatic carbocycles. The van der Waals surface area contributed by atoms with Crippen molar-refractivity contribution in [2.75, 3.05) is 18.3 Å². The first-order valence-electron chi connectivity index (χ1n) is 6.22. The zero-order valence-corrected chi connectivity index (χ0v) is 14.2. The summed E-state index contributed by atoms with van der Waals surface area (Å²) in [5, 5.41) is 0. The predicted octanol–water partition coefficient (Wildman–Crippen LogP) is -0.438. The van der Waals surface area contributed by atoms with Gasteiger partial charge in [-0.05, 0) is 17.7 Å². The Kier molecular flexibility index (Phi) is 5.67. The molecule has 4 N–H and O–H groups in total. The fourth-order valence-electron chi connectivity index (χ4n) is 1.66. The van der Waals surface area contributed by atoms with Crippen molar-refractivity contribution in [2.45, 2.75) is 4.90 Å². The third-order valence-corrected chi connectivity index (χ3v) is 4.54. The fourth-order valence-corrected chi connectivity index (χ4v) is 3.01. The monoisotopic (exact) mass is 359 g/mol. The van der Waals surface area contributed by atoms with Gasteiger partial charge in [0, 0.05) is 18.1 Å². The first kappa shape index (κ1) is 18.8. The lowest BCUT2D eigenvalue weighted by Gasteiger charge is -2.06. The van der Waals surface area contributed by atoms with Crippen LogP contribution in [0.25, 0.3) is 6.08 Å². The van der Waals surface area contributed by atoms with Crippen LogP contribution in [0.15, 0.2) is 34.2 Å². The summed E-state index contributed by atoms with van der Waals surface area (Å²) in [6, 6.07) is 3.87. The summed E-state index contributed by atoms with van der Waals surface area (Å²) in [6.45, 7) is 0. The number of nitrogens with zero attached hydrogens (tertiary/aromatic N) is 1. The average molecular weight is 359 g/mol. The minimum absolute atomic E-state index is 0.000844. The van der Waals surface area contributed by atoms with Crippen molar-refractivity contribution in [2.24, 2.45) is 16.5 Å². The molecule has 1 amide bonds. The second-order valence-corrected chi connectivity index (χ2v) is 9.03. The van der Waals surface area contributed by atoms with Crippen molar-refractivity contribution in [1.29, 1.82) is 0 Å². The maximum absolute atomic E-state index is 11.9. The minimum atomic E-state index is -3.65. The molecule has 0 fully saturated rings. The second kappa shape index (κ2) is 6.92. The summed E-state index contributed by atoms with van der Waals surface area (Å²) < 4.78 is 45.9. The number of sulfone groups is 2. The number of carbonyl (C=O) groups is 1. The SMILES string of the molecule is CS(=O)(=O)C/C=C/c1ccc(C(=O)N=C(N)N)cc1S(C)(=O)=O. The smallest absolute Gasteiger partial charge is 0.280 e. The molecule has 0 atom stereocenters. The van der Waals surface area contributed by atoms with Crippen LogP contribution in [0.1, 0.15) is 15.9 Å². The third-order valence-electron chi connectivity index (χ3n) is 2.59. The lowest BCUT2D eigenvalue weighted by atomic mass is 10.1. The molecule has 126 valence electrons. The summed E-state index contributed by atoms with van der Waals surface area (Å²) >= 11 is 0. The highest BCUT2D eigenvalue weighted by Gasteiger charge is 2.15. The maximum atomic E-state index is 11.9. The zero-order chi connectivity index (χ0) is 17.8. The highest BCUT2D eigenvalue weighted by molar-refractivity contribution is 7.91. The number of guanidine groups is 1. The lowest BCUT2D eigenvalue weighted by Crippen LogP contribution is -2.24. The number of carbonyl (C=O) groups excluding carboxylic acids is 1. The molecule has 0 bridgehead atoms. The Morgan fingerprint density at radius 2 is 1.78 bits per heavy atom. The van der Waals surface area contributed by atoms with E-state index in [0.29, 0.717) is 0 Å². The summed E-state index contributed by atoms with van der Waals surface area (Å²) in [5.41, 5.74) is 10.5. The van der Waals surface area contributed by atoms with Gasteiger partial charge in [0.25, 0.3) is 5.91 Å². The minimum Gasteiger partial charge on any atom is -0.370 e. The van der Waals surface area contributed by atoms with Crippen molar-refractivity contribution in [3.05, 3.63) is 35.4 Å². The largest absolute Gasteiger partial charge is 0.370 e. The summed E-state index contributed by atoms with van der Waals surface area (Å²) in [5.74, 6) is -1.44. The molecular weight excluding hydrogens is 342 g/mol. The molecular formula is C13H17N3O5S2. The topological polar surface area (TPSA) is 150 Å².